The van der Waals surface area contributed by atoms with Crippen molar-refractivity contribution in [2.75, 3.05) is 17.2 Å². The molecule has 8 nitrogen and oxygen atoms in total. The summed E-state index contributed by atoms with van der Waals surface area (Å²) in [5.41, 5.74) is 0.871. The Kier molecular flexibility index (Phi) is 5.68. The van der Waals surface area contributed by atoms with Gasteiger partial charge in [-0.2, -0.15) is 10.2 Å². The van der Waals surface area contributed by atoms with E-state index in [1.165, 1.54) is 24.2 Å². The van der Waals surface area contributed by atoms with Crippen molar-refractivity contribution in [3.05, 3.63) is 35.3 Å². The van der Waals surface area contributed by atoms with Crippen molar-refractivity contribution in [2.24, 2.45) is 0 Å². The van der Waals surface area contributed by atoms with E-state index in [2.05, 4.69) is 26.6 Å². The van der Waals surface area contributed by atoms with E-state index in [0.717, 1.165) is 35.2 Å². The highest BCUT2D eigenvalue weighted by Gasteiger charge is 2.40. The number of fused-ring (bicyclic) bond motifs is 3. The number of benzene rings is 1. The summed E-state index contributed by atoms with van der Waals surface area (Å²) in [6.45, 7) is 0.856. The molecule has 2 aliphatic heterocycles. The molecule has 160 valence electrons. The van der Waals surface area contributed by atoms with Crippen LogP contribution in [0.25, 0.3) is 10.9 Å². The Hall–Kier alpha value is -2.80. The number of aliphatic hydroxyl groups is 1. The Balaban J connectivity index is 1.36. The predicted molar refractivity (Wildman–Crippen MR) is 121 cm³/mol. The second kappa shape index (κ2) is 8.75. The molecular formula is C22H25N7OS. The molecule has 2 unspecified atom stereocenters. The largest absolute Gasteiger partial charge is 0.391 e. The Morgan fingerprint density at radius 3 is 2.74 bits per heavy atom. The SMILES string of the molecule is N#CCCN1C2CCC1CC(Nc1nc(Nc3ncc(CO)s3)c3ccccc3n1)C2. The topological polar surface area (TPSA) is 110 Å². The van der Waals surface area contributed by atoms with Gasteiger partial charge in [0.15, 0.2) is 5.13 Å². The smallest absolute Gasteiger partial charge is 0.225 e. The summed E-state index contributed by atoms with van der Waals surface area (Å²) in [6, 6.07) is 11.6. The van der Waals surface area contributed by atoms with Gasteiger partial charge in [0.1, 0.15) is 5.82 Å². The second-order valence-corrected chi connectivity index (χ2v) is 9.29. The highest BCUT2D eigenvalue weighted by molar-refractivity contribution is 7.15. The Morgan fingerprint density at radius 2 is 2.00 bits per heavy atom. The summed E-state index contributed by atoms with van der Waals surface area (Å²) < 4.78 is 0. The molecule has 0 radical (unpaired) electrons. The third kappa shape index (κ3) is 4.19. The molecule has 2 atom stereocenters. The quantitative estimate of drug-likeness (QED) is 0.516. The van der Waals surface area contributed by atoms with Crippen LogP contribution in [0.4, 0.5) is 16.9 Å². The highest BCUT2D eigenvalue weighted by atomic mass is 32.1. The number of nitrogens with one attached hydrogen (secondary N) is 2. The summed E-state index contributed by atoms with van der Waals surface area (Å²) >= 11 is 1.41. The van der Waals surface area contributed by atoms with Crippen LogP contribution in [-0.4, -0.2) is 49.6 Å². The number of aliphatic hydroxyl groups excluding tert-OH is 1. The van der Waals surface area contributed by atoms with Crippen LogP contribution in [-0.2, 0) is 6.61 Å². The van der Waals surface area contributed by atoms with Crippen molar-refractivity contribution in [3.63, 3.8) is 0 Å². The number of para-hydroxylation sites is 1. The van der Waals surface area contributed by atoms with E-state index >= 15 is 0 Å². The molecule has 0 amide bonds. The Bertz CT molecular complexity index is 1100. The van der Waals surface area contributed by atoms with Crippen molar-refractivity contribution in [1.82, 2.24) is 19.9 Å². The molecule has 2 aliphatic rings. The zero-order chi connectivity index (χ0) is 21.2. The van der Waals surface area contributed by atoms with Crippen LogP contribution in [0.3, 0.4) is 0 Å². The van der Waals surface area contributed by atoms with Gasteiger partial charge in [0.05, 0.1) is 23.1 Å². The summed E-state index contributed by atoms with van der Waals surface area (Å²) in [7, 11) is 0. The molecule has 3 aromatic rings. The molecule has 5 rings (SSSR count). The monoisotopic (exact) mass is 435 g/mol. The minimum atomic E-state index is -0.0218. The van der Waals surface area contributed by atoms with Crippen LogP contribution in [0, 0.1) is 11.3 Å². The lowest BCUT2D eigenvalue weighted by atomic mass is 9.97. The van der Waals surface area contributed by atoms with Crippen molar-refractivity contribution in [2.45, 2.75) is 56.8 Å². The summed E-state index contributed by atoms with van der Waals surface area (Å²) in [5.74, 6) is 1.33. The molecule has 9 heteroatoms. The number of nitrogens with zero attached hydrogens (tertiary/aromatic N) is 5. The maximum atomic E-state index is 9.32. The van der Waals surface area contributed by atoms with Crippen molar-refractivity contribution < 1.29 is 5.11 Å². The number of hydrogen-bond donors (Lipinski definition) is 3. The van der Waals surface area contributed by atoms with Crippen LogP contribution >= 0.6 is 11.3 Å². The van der Waals surface area contributed by atoms with Crippen LogP contribution in [0.15, 0.2) is 30.5 Å². The van der Waals surface area contributed by atoms with E-state index in [9.17, 15) is 5.11 Å². The zero-order valence-electron chi connectivity index (χ0n) is 17.2. The zero-order valence-corrected chi connectivity index (χ0v) is 18.0. The van der Waals surface area contributed by atoms with Gasteiger partial charge in [0, 0.05) is 42.7 Å². The van der Waals surface area contributed by atoms with Crippen LogP contribution in [0.1, 0.15) is 37.0 Å². The number of nitriles is 1. The third-order valence-corrected chi connectivity index (χ3v) is 7.13. The van der Waals surface area contributed by atoms with Crippen molar-refractivity contribution >= 4 is 39.1 Å². The average molecular weight is 436 g/mol. The number of thiazole rings is 1. The number of hydrogen-bond acceptors (Lipinski definition) is 9. The molecule has 0 spiro atoms. The molecule has 0 aliphatic carbocycles. The molecule has 2 bridgehead atoms. The second-order valence-electron chi connectivity index (χ2n) is 8.17. The standard InChI is InChI=1S/C22H25N7OS/c23-8-3-9-29-15-6-7-16(29)11-14(10-15)25-21-26-19-5-2-1-4-18(19)20(27-21)28-22-24-12-17(13-30)31-22/h1-2,4-5,12,14-16,30H,3,6-7,9-11,13H2,(H2,24,25,26,27,28). The first-order valence-electron chi connectivity index (χ1n) is 10.7. The number of piperidine rings is 1. The summed E-state index contributed by atoms with van der Waals surface area (Å²) in [4.78, 5) is 17.2. The van der Waals surface area contributed by atoms with Gasteiger partial charge in [0.2, 0.25) is 5.95 Å². The summed E-state index contributed by atoms with van der Waals surface area (Å²) in [6.07, 6.45) is 6.78. The summed E-state index contributed by atoms with van der Waals surface area (Å²) in [5, 5.41) is 26.8. The van der Waals surface area contributed by atoms with Gasteiger partial charge in [0.25, 0.3) is 0 Å². The lowest BCUT2D eigenvalue weighted by molar-refractivity contribution is 0.135. The van der Waals surface area contributed by atoms with Crippen molar-refractivity contribution in [1.29, 1.82) is 5.26 Å². The van der Waals surface area contributed by atoms with Crippen LogP contribution < -0.4 is 10.6 Å². The van der Waals surface area contributed by atoms with Crippen molar-refractivity contribution in [3.8, 4) is 6.07 Å². The molecular weight excluding hydrogens is 410 g/mol. The van der Waals surface area contributed by atoms with Gasteiger partial charge in [-0.25, -0.2) is 9.97 Å². The number of anilines is 3. The molecule has 2 fully saturated rings. The van der Waals surface area contributed by atoms with E-state index in [-0.39, 0.29) is 6.61 Å². The Morgan fingerprint density at radius 1 is 1.19 bits per heavy atom. The first-order chi connectivity index (χ1) is 15.2. The van der Waals surface area contributed by atoms with Gasteiger partial charge in [-0.15, -0.1) is 0 Å². The van der Waals surface area contributed by atoms with Crippen LogP contribution in [0.5, 0.6) is 0 Å². The molecule has 0 saturated carbocycles. The van der Waals surface area contributed by atoms with Gasteiger partial charge >= 0.3 is 0 Å². The van der Waals surface area contributed by atoms with E-state index in [0.29, 0.717) is 41.4 Å². The van der Waals surface area contributed by atoms with E-state index < -0.39 is 0 Å². The molecule has 2 aromatic heterocycles. The third-order valence-electron chi connectivity index (χ3n) is 6.24. The maximum absolute atomic E-state index is 9.32. The molecule has 2 saturated heterocycles. The molecule has 31 heavy (non-hydrogen) atoms. The predicted octanol–water partition coefficient (Wildman–Crippen LogP) is 3.64. The van der Waals surface area contributed by atoms with E-state index in [1.807, 2.05) is 24.3 Å². The average Bonchev–Trinajstić information content (AvgIpc) is 3.33. The minimum absolute atomic E-state index is 0.0218. The highest BCUT2D eigenvalue weighted by Crippen LogP contribution is 2.37. The number of rotatable bonds is 7. The molecule has 1 aromatic carbocycles. The van der Waals surface area contributed by atoms with Crippen LogP contribution in [0.2, 0.25) is 0 Å². The first kappa shape index (κ1) is 20.1. The van der Waals surface area contributed by atoms with E-state index in [4.69, 9.17) is 15.2 Å². The van der Waals surface area contributed by atoms with Gasteiger partial charge in [-0.3, -0.25) is 4.90 Å². The first-order valence-corrected chi connectivity index (χ1v) is 11.5. The normalized spacial score (nSPS) is 23.0. The van der Waals surface area contributed by atoms with Gasteiger partial charge < -0.3 is 15.7 Å². The fraction of sp³-hybridized carbons (Fsp3) is 0.455. The molecule has 3 N–H and O–H groups in total. The van der Waals surface area contributed by atoms with E-state index in [1.54, 1.807) is 6.20 Å². The van der Waals surface area contributed by atoms with Gasteiger partial charge in [-0.1, -0.05) is 23.5 Å². The fourth-order valence-electron chi connectivity index (χ4n) is 4.89. The lowest BCUT2D eigenvalue weighted by Gasteiger charge is -2.38. The van der Waals surface area contributed by atoms with Gasteiger partial charge in [-0.05, 0) is 37.8 Å². The maximum Gasteiger partial charge on any atom is 0.225 e. The number of aromatic nitrogens is 3. The fourth-order valence-corrected chi connectivity index (χ4v) is 5.57. The lowest BCUT2D eigenvalue weighted by Crippen LogP contribution is -2.47. The Labute approximate surface area is 185 Å². The minimum Gasteiger partial charge on any atom is -0.391 e. The molecule has 4 heterocycles.